The van der Waals surface area contributed by atoms with E-state index >= 15 is 0 Å². The van der Waals surface area contributed by atoms with E-state index < -0.39 is 0 Å². The van der Waals surface area contributed by atoms with E-state index in [2.05, 4.69) is 43.9 Å². The highest BCUT2D eigenvalue weighted by molar-refractivity contribution is 7.17. The van der Waals surface area contributed by atoms with Gasteiger partial charge in [0, 0.05) is 38.8 Å². The Kier molecular flexibility index (Phi) is 6.70. The average Bonchev–Trinajstić information content (AvgIpc) is 3.09. The number of rotatable bonds is 8. The van der Waals surface area contributed by atoms with Crippen LogP contribution in [0.2, 0.25) is 0 Å². The molecule has 146 valence electrons. The van der Waals surface area contributed by atoms with Crippen molar-refractivity contribution in [2.75, 3.05) is 49.5 Å². The van der Waals surface area contributed by atoms with Crippen molar-refractivity contribution in [3.8, 4) is 0 Å². The summed E-state index contributed by atoms with van der Waals surface area (Å²) in [6, 6.07) is 1.94. The minimum Gasteiger partial charge on any atom is -0.377 e. The summed E-state index contributed by atoms with van der Waals surface area (Å²) in [5, 5.41) is 3.82. The highest BCUT2D eigenvalue weighted by atomic mass is 32.1. The Morgan fingerprint density at radius 3 is 2.74 bits per heavy atom. The second kappa shape index (κ2) is 9.20. The standard InChI is InChI=1S/C18H26N6O2S/c1-13(2)26-9-8-23-4-6-24(7-5-23)17-10-16(20-14(3)21-17)22-18-19-11-15(12-25)27-18/h10-13H,4-9H2,1-3H3,(H,19,20,21,22). The summed E-state index contributed by atoms with van der Waals surface area (Å²) < 4.78 is 5.64. The Balaban J connectivity index is 1.59. The molecule has 27 heavy (non-hydrogen) atoms. The Morgan fingerprint density at radius 2 is 2.07 bits per heavy atom. The molecule has 0 radical (unpaired) electrons. The molecule has 0 amide bonds. The molecule has 0 aliphatic carbocycles. The van der Waals surface area contributed by atoms with E-state index in [0.29, 0.717) is 21.7 Å². The van der Waals surface area contributed by atoms with Gasteiger partial charge in [0.2, 0.25) is 0 Å². The van der Waals surface area contributed by atoms with Gasteiger partial charge in [-0.05, 0) is 20.8 Å². The minimum absolute atomic E-state index is 0.279. The van der Waals surface area contributed by atoms with E-state index in [1.165, 1.54) is 11.3 Å². The quantitative estimate of drug-likeness (QED) is 0.688. The fourth-order valence-electron chi connectivity index (χ4n) is 2.90. The lowest BCUT2D eigenvalue weighted by Gasteiger charge is -2.35. The first-order valence-corrected chi connectivity index (χ1v) is 9.98. The van der Waals surface area contributed by atoms with Crippen molar-refractivity contribution in [2.24, 2.45) is 0 Å². The first-order chi connectivity index (χ1) is 13.0. The molecule has 2 aromatic heterocycles. The maximum Gasteiger partial charge on any atom is 0.188 e. The van der Waals surface area contributed by atoms with Gasteiger partial charge in [0.05, 0.1) is 23.8 Å². The maximum atomic E-state index is 10.8. The number of anilines is 3. The average molecular weight is 391 g/mol. The molecule has 9 heteroatoms. The molecule has 1 N–H and O–H groups in total. The van der Waals surface area contributed by atoms with Crippen LogP contribution in [0.3, 0.4) is 0 Å². The number of carbonyl (C=O) groups excluding carboxylic acids is 1. The topological polar surface area (TPSA) is 83.5 Å². The molecule has 1 fully saturated rings. The SMILES string of the molecule is Cc1nc(Nc2ncc(C=O)s2)cc(N2CCN(CCOC(C)C)CC2)n1. The number of aldehydes is 1. The summed E-state index contributed by atoms with van der Waals surface area (Å²) in [6.45, 7) is 11.6. The van der Waals surface area contributed by atoms with Crippen molar-refractivity contribution in [3.63, 3.8) is 0 Å². The zero-order valence-corrected chi connectivity index (χ0v) is 16.8. The molecule has 0 aromatic carbocycles. The van der Waals surface area contributed by atoms with Crippen molar-refractivity contribution in [1.82, 2.24) is 19.9 Å². The van der Waals surface area contributed by atoms with Gasteiger partial charge in [0.25, 0.3) is 0 Å². The second-order valence-corrected chi connectivity index (χ2v) is 7.78. The molecule has 3 heterocycles. The smallest absolute Gasteiger partial charge is 0.188 e. The molecule has 0 unspecified atom stereocenters. The number of nitrogens with one attached hydrogen (secondary N) is 1. The van der Waals surface area contributed by atoms with E-state index in [1.54, 1.807) is 6.20 Å². The number of thiazole rings is 1. The van der Waals surface area contributed by atoms with Crippen LogP contribution in [-0.2, 0) is 4.74 Å². The van der Waals surface area contributed by atoms with Crippen molar-refractivity contribution in [1.29, 1.82) is 0 Å². The first-order valence-electron chi connectivity index (χ1n) is 9.16. The summed E-state index contributed by atoms with van der Waals surface area (Å²) in [5.41, 5.74) is 0. The first kappa shape index (κ1) is 19.7. The van der Waals surface area contributed by atoms with Gasteiger partial charge in [-0.1, -0.05) is 11.3 Å². The zero-order valence-electron chi connectivity index (χ0n) is 16.0. The molecule has 0 bridgehead atoms. The lowest BCUT2D eigenvalue weighted by atomic mass is 10.3. The lowest BCUT2D eigenvalue weighted by molar-refractivity contribution is 0.0578. The van der Waals surface area contributed by atoms with Gasteiger partial charge in [-0.2, -0.15) is 0 Å². The number of aryl methyl sites for hydroxylation is 1. The zero-order chi connectivity index (χ0) is 19.2. The van der Waals surface area contributed by atoms with E-state index in [4.69, 9.17) is 4.74 Å². The molecule has 1 saturated heterocycles. The van der Waals surface area contributed by atoms with Gasteiger partial charge in [-0.25, -0.2) is 15.0 Å². The van der Waals surface area contributed by atoms with Crippen LogP contribution in [-0.4, -0.2) is 71.6 Å². The van der Waals surface area contributed by atoms with Gasteiger partial charge in [0.15, 0.2) is 11.4 Å². The third kappa shape index (κ3) is 5.69. The number of hydrogen-bond donors (Lipinski definition) is 1. The molecule has 0 saturated carbocycles. The summed E-state index contributed by atoms with van der Waals surface area (Å²) in [6.07, 6.45) is 2.63. The number of carbonyl (C=O) groups is 1. The molecular weight excluding hydrogens is 364 g/mol. The van der Waals surface area contributed by atoms with Crippen LogP contribution in [0.25, 0.3) is 0 Å². The summed E-state index contributed by atoms with van der Waals surface area (Å²) in [5.74, 6) is 2.31. The molecule has 8 nitrogen and oxygen atoms in total. The van der Waals surface area contributed by atoms with Gasteiger partial charge < -0.3 is 15.0 Å². The highest BCUT2D eigenvalue weighted by Crippen LogP contribution is 2.23. The maximum absolute atomic E-state index is 10.8. The molecule has 0 spiro atoms. The monoisotopic (exact) mass is 390 g/mol. The third-order valence-electron chi connectivity index (χ3n) is 4.25. The largest absolute Gasteiger partial charge is 0.377 e. The van der Waals surface area contributed by atoms with Crippen LogP contribution in [0.5, 0.6) is 0 Å². The molecule has 0 atom stereocenters. The Bertz CT molecular complexity index is 758. The van der Waals surface area contributed by atoms with E-state index in [9.17, 15) is 4.79 Å². The minimum atomic E-state index is 0.279. The summed E-state index contributed by atoms with van der Waals surface area (Å²) in [4.78, 5) is 29.3. The second-order valence-electron chi connectivity index (χ2n) is 6.72. The predicted octanol–water partition coefficient (Wildman–Crippen LogP) is 2.34. The molecule has 2 aromatic rings. The Hall–Kier alpha value is -2.10. The van der Waals surface area contributed by atoms with Crippen LogP contribution < -0.4 is 10.2 Å². The number of nitrogens with zero attached hydrogens (tertiary/aromatic N) is 5. The molecular formula is C18H26N6O2S. The van der Waals surface area contributed by atoms with Crippen molar-refractivity contribution < 1.29 is 9.53 Å². The lowest BCUT2D eigenvalue weighted by Crippen LogP contribution is -2.47. The van der Waals surface area contributed by atoms with Gasteiger partial charge in [0.1, 0.15) is 17.5 Å². The molecule has 1 aliphatic rings. The van der Waals surface area contributed by atoms with Gasteiger partial charge >= 0.3 is 0 Å². The van der Waals surface area contributed by atoms with E-state index in [1.807, 2.05) is 13.0 Å². The summed E-state index contributed by atoms with van der Waals surface area (Å²) >= 11 is 1.30. The fourth-order valence-corrected chi connectivity index (χ4v) is 3.54. The third-order valence-corrected chi connectivity index (χ3v) is 5.09. The number of piperazine rings is 1. The van der Waals surface area contributed by atoms with E-state index in [0.717, 1.165) is 51.4 Å². The number of aromatic nitrogens is 3. The van der Waals surface area contributed by atoms with E-state index in [-0.39, 0.29) is 6.10 Å². The van der Waals surface area contributed by atoms with Crippen LogP contribution in [0.15, 0.2) is 12.3 Å². The summed E-state index contributed by atoms with van der Waals surface area (Å²) in [7, 11) is 0. The van der Waals surface area contributed by atoms with Crippen molar-refractivity contribution in [3.05, 3.63) is 23.0 Å². The predicted molar refractivity (Wildman–Crippen MR) is 107 cm³/mol. The molecule has 3 rings (SSSR count). The normalized spacial score (nSPS) is 15.3. The molecule has 1 aliphatic heterocycles. The van der Waals surface area contributed by atoms with Crippen LogP contribution in [0.4, 0.5) is 16.8 Å². The van der Waals surface area contributed by atoms with Crippen LogP contribution in [0.1, 0.15) is 29.3 Å². The Morgan fingerprint density at radius 1 is 1.30 bits per heavy atom. The highest BCUT2D eigenvalue weighted by Gasteiger charge is 2.19. The Labute approximate surface area is 163 Å². The van der Waals surface area contributed by atoms with Gasteiger partial charge in [-0.15, -0.1) is 0 Å². The number of ether oxygens (including phenoxy) is 1. The fraction of sp³-hybridized carbons (Fsp3) is 0.556. The number of hydrogen-bond acceptors (Lipinski definition) is 9. The van der Waals surface area contributed by atoms with Crippen LogP contribution in [0, 0.1) is 6.92 Å². The van der Waals surface area contributed by atoms with Crippen molar-refractivity contribution >= 4 is 34.4 Å². The van der Waals surface area contributed by atoms with Crippen LogP contribution >= 0.6 is 11.3 Å². The van der Waals surface area contributed by atoms with Crippen molar-refractivity contribution in [2.45, 2.75) is 26.9 Å². The van der Waals surface area contributed by atoms with Gasteiger partial charge in [-0.3, -0.25) is 9.69 Å².